The molecule has 0 aliphatic heterocycles. The number of nitrogens with one attached hydrogen (secondary N) is 1. The van der Waals surface area contributed by atoms with Gasteiger partial charge in [0.1, 0.15) is 0 Å². The molecule has 18 heavy (non-hydrogen) atoms. The molecule has 2 rings (SSSR count). The lowest BCUT2D eigenvalue weighted by Crippen LogP contribution is -2.48. The van der Waals surface area contributed by atoms with Crippen LogP contribution in [0.1, 0.15) is 58.3 Å². The summed E-state index contributed by atoms with van der Waals surface area (Å²) < 4.78 is 0. The summed E-state index contributed by atoms with van der Waals surface area (Å²) in [5.41, 5.74) is 0.714. The average Bonchev–Trinajstić information content (AvgIpc) is 2.81. The third-order valence-corrected chi connectivity index (χ3v) is 5.72. The van der Waals surface area contributed by atoms with Crippen molar-refractivity contribution in [1.29, 1.82) is 0 Å². The van der Waals surface area contributed by atoms with Gasteiger partial charge in [-0.15, -0.1) is 11.3 Å². The number of hydrogen-bond acceptors (Lipinski definition) is 2. The molecule has 1 fully saturated rings. The first kappa shape index (κ1) is 14.1. The first-order valence-corrected chi connectivity index (χ1v) is 8.07. The Labute approximate surface area is 116 Å². The van der Waals surface area contributed by atoms with E-state index < -0.39 is 0 Å². The maximum absolute atomic E-state index is 3.85. The van der Waals surface area contributed by atoms with Crippen LogP contribution in [0, 0.1) is 5.41 Å². The van der Waals surface area contributed by atoms with E-state index in [0.717, 1.165) is 6.54 Å². The van der Waals surface area contributed by atoms with Crippen molar-refractivity contribution in [2.45, 2.75) is 64.8 Å². The lowest BCUT2D eigenvalue weighted by Gasteiger charge is -2.41. The molecule has 0 bridgehead atoms. The molecule has 1 aromatic rings. The van der Waals surface area contributed by atoms with E-state index in [2.05, 4.69) is 50.5 Å². The first-order chi connectivity index (χ1) is 8.42. The topological polar surface area (TPSA) is 12.0 Å². The van der Waals surface area contributed by atoms with Gasteiger partial charge in [0.2, 0.25) is 0 Å². The normalized spacial score (nSPS) is 24.1. The summed E-state index contributed by atoms with van der Waals surface area (Å²) in [5.74, 6) is 0. The quantitative estimate of drug-likeness (QED) is 0.840. The molecule has 1 heterocycles. The Balaban J connectivity index is 1.94. The fraction of sp³-hybridized carbons (Fsp3) is 0.750. The van der Waals surface area contributed by atoms with E-state index in [1.165, 1.54) is 30.6 Å². The summed E-state index contributed by atoms with van der Waals surface area (Å²) in [5, 5.41) is 6.03. The molecule has 0 aromatic carbocycles. The van der Waals surface area contributed by atoms with Crippen molar-refractivity contribution in [3.63, 3.8) is 0 Å². The van der Waals surface area contributed by atoms with Crippen LogP contribution in [0.25, 0.3) is 0 Å². The lowest BCUT2D eigenvalue weighted by atomic mass is 9.73. The van der Waals surface area contributed by atoms with Crippen molar-refractivity contribution < 1.29 is 0 Å². The second-order valence-corrected chi connectivity index (χ2v) is 7.98. The molecule has 102 valence electrons. The van der Waals surface area contributed by atoms with Gasteiger partial charge in [-0.05, 0) is 29.7 Å². The Morgan fingerprint density at radius 3 is 2.78 bits per heavy atom. The lowest BCUT2D eigenvalue weighted by molar-refractivity contribution is 0.162. The molecule has 1 aliphatic rings. The van der Waals surface area contributed by atoms with Crippen LogP contribution < -0.4 is 5.32 Å². The van der Waals surface area contributed by atoms with E-state index in [0.29, 0.717) is 11.5 Å². The Bertz CT molecular complexity index is 364. The third kappa shape index (κ3) is 3.16. The fourth-order valence-corrected chi connectivity index (χ4v) is 3.85. The summed E-state index contributed by atoms with van der Waals surface area (Å²) in [4.78, 5) is 1.49. The van der Waals surface area contributed by atoms with Gasteiger partial charge < -0.3 is 5.32 Å². The number of rotatable bonds is 4. The molecule has 1 N–H and O–H groups in total. The summed E-state index contributed by atoms with van der Waals surface area (Å²) >= 11 is 1.88. The van der Waals surface area contributed by atoms with E-state index >= 15 is 0 Å². The monoisotopic (exact) mass is 265 g/mol. The molecular formula is C16H27NS. The van der Waals surface area contributed by atoms with Crippen molar-refractivity contribution in [3.8, 4) is 0 Å². The molecule has 1 atom stereocenters. The van der Waals surface area contributed by atoms with Crippen molar-refractivity contribution in [2.75, 3.05) is 6.54 Å². The van der Waals surface area contributed by atoms with Gasteiger partial charge in [0.25, 0.3) is 0 Å². The molecule has 2 heteroatoms. The fourth-order valence-electron chi connectivity index (χ4n) is 3.00. The van der Waals surface area contributed by atoms with Crippen LogP contribution >= 0.6 is 11.3 Å². The van der Waals surface area contributed by atoms with Crippen LogP contribution in [-0.4, -0.2) is 12.6 Å². The molecule has 1 saturated carbocycles. The van der Waals surface area contributed by atoms with Gasteiger partial charge in [0, 0.05) is 22.9 Å². The Morgan fingerprint density at radius 2 is 2.17 bits per heavy atom. The highest BCUT2D eigenvalue weighted by Gasteiger charge is 2.33. The zero-order valence-corrected chi connectivity index (χ0v) is 13.1. The molecule has 0 saturated heterocycles. The van der Waals surface area contributed by atoms with Gasteiger partial charge in [-0.3, -0.25) is 0 Å². The zero-order valence-electron chi connectivity index (χ0n) is 12.3. The second-order valence-electron chi connectivity index (χ2n) is 7.03. The van der Waals surface area contributed by atoms with E-state index in [9.17, 15) is 0 Å². The zero-order chi connectivity index (χ0) is 13.2. The van der Waals surface area contributed by atoms with E-state index in [-0.39, 0.29) is 5.41 Å². The molecule has 0 amide bonds. The predicted octanol–water partition coefficient (Wildman–Crippen LogP) is 4.58. The SMILES string of the molecule is CC(C)(CNC1CCCCC1(C)C)c1cccs1. The Morgan fingerprint density at radius 1 is 1.39 bits per heavy atom. The van der Waals surface area contributed by atoms with Crippen molar-refractivity contribution in [2.24, 2.45) is 5.41 Å². The largest absolute Gasteiger partial charge is 0.313 e. The van der Waals surface area contributed by atoms with Crippen LogP contribution in [-0.2, 0) is 5.41 Å². The van der Waals surface area contributed by atoms with Crippen LogP contribution in [0.4, 0.5) is 0 Å². The van der Waals surface area contributed by atoms with Crippen LogP contribution in [0.5, 0.6) is 0 Å². The van der Waals surface area contributed by atoms with E-state index in [4.69, 9.17) is 0 Å². The van der Waals surface area contributed by atoms with Gasteiger partial charge in [-0.1, -0.05) is 46.6 Å². The highest BCUT2D eigenvalue weighted by molar-refractivity contribution is 7.10. The van der Waals surface area contributed by atoms with Crippen LogP contribution in [0.3, 0.4) is 0 Å². The van der Waals surface area contributed by atoms with Crippen LogP contribution in [0.15, 0.2) is 17.5 Å². The van der Waals surface area contributed by atoms with Gasteiger partial charge in [0.15, 0.2) is 0 Å². The van der Waals surface area contributed by atoms with E-state index in [1.807, 2.05) is 11.3 Å². The summed E-state index contributed by atoms with van der Waals surface area (Å²) in [6, 6.07) is 5.11. The third-order valence-electron chi connectivity index (χ3n) is 4.49. The maximum atomic E-state index is 3.85. The summed E-state index contributed by atoms with van der Waals surface area (Å²) in [6.07, 6.45) is 5.50. The van der Waals surface area contributed by atoms with Crippen LogP contribution in [0.2, 0.25) is 0 Å². The molecule has 0 radical (unpaired) electrons. The first-order valence-electron chi connectivity index (χ1n) is 7.19. The maximum Gasteiger partial charge on any atom is 0.0119 e. The molecule has 1 aliphatic carbocycles. The predicted molar refractivity (Wildman–Crippen MR) is 81.4 cm³/mol. The Kier molecular flexibility index (Phi) is 4.18. The molecular weight excluding hydrogens is 238 g/mol. The highest BCUT2D eigenvalue weighted by atomic mass is 32.1. The van der Waals surface area contributed by atoms with Crippen molar-refractivity contribution >= 4 is 11.3 Å². The minimum atomic E-state index is 0.252. The standard InChI is InChI=1S/C16H27NS/c1-15(2)10-6-5-8-13(15)17-12-16(3,4)14-9-7-11-18-14/h7,9,11,13,17H,5-6,8,10,12H2,1-4H3. The molecule has 1 aromatic heterocycles. The van der Waals surface area contributed by atoms with Crippen molar-refractivity contribution in [3.05, 3.63) is 22.4 Å². The number of thiophene rings is 1. The van der Waals surface area contributed by atoms with E-state index in [1.54, 1.807) is 0 Å². The van der Waals surface area contributed by atoms with Gasteiger partial charge >= 0.3 is 0 Å². The minimum Gasteiger partial charge on any atom is -0.313 e. The summed E-state index contributed by atoms with van der Waals surface area (Å²) in [6.45, 7) is 10.6. The average molecular weight is 265 g/mol. The Hall–Kier alpha value is -0.340. The molecule has 0 spiro atoms. The minimum absolute atomic E-state index is 0.252. The highest BCUT2D eigenvalue weighted by Crippen LogP contribution is 2.36. The summed E-state index contributed by atoms with van der Waals surface area (Å²) in [7, 11) is 0. The van der Waals surface area contributed by atoms with Gasteiger partial charge in [0.05, 0.1) is 0 Å². The number of hydrogen-bond donors (Lipinski definition) is 1. The van der Waals surface area contributed by atoms with Crippen molar-refractivity contribution in [1.82, 2.24) is 5.32 Å². The van der Waals surface area contributed by atoms with Gasteiger partial charge in [-0.25, -0.2) is 0 Å². The smallest absolute Gasteiger partial charge is 0.0119 e. The van der Waals surface area contributed by atoms with Gasteiger partial charge in [-0.2, -0.15) is 0 Å². The second kappa shape index (κ2) is 5.34. The molecule has 1 nitrogen and oxygen atoms in total. The molecule has 1 unspecified atom stereocenters.